The molecule has 104 valence electrons. The van der Waals surface area contributed by atoms with Gasteiger partial charge in [0.15, 0.2) is 11.5 Å². The van der Waals surface area contributed by atoms with E-state index in [1.54, 1.807) is 31.3 Å². The van der Waals surface area contributed by atoms with Gasteiger partial charge in [-0.3, -0.25) is 9.74 Å². The largest absolute Gasteiger partial charge is 0.493 e. The minimum Gasteiger partial charge on any atom is -0.493 e. The minimum absolute atomic E-state index is 0.158. The fourth-order valence-corrected chi connectivity index (χ4v) is 2.02. The van der Waals surface area contributed by atoms with Crippen molar-refractivity contribution in [3.63, 3.8) is 0 Å². The SMILES string of the molecule is CCON1CCN(c2ccc(OC)c(OC)c2)C1=O. The molecule has 0 radical (unpaired) electrons. The quantitative estimate of drug-likeness (QED) is 0.816. The highest BCUT2D eigenvalue weighted by Crippen LogP contribution is 2.32. The zero-order valence-electron chi connectivity index (χ0n) is 11.4. The van der Waals surface area contributed by atoms with Crippen LogP contribution in [0.1, 0.15) is 6.92 Å². The topological polar surface area (TPSA) is 51.2 Å². The Labute approximate surface area is 112 Å². The Bertz CT molecular complexity index is 464. The van der Waals surface area contributed by atoms with E-state index in [1.165, 1.54) is 5.06 Å². The molecule has 0 saturated carbocycles. The molecule has 1 aliphatic heterocycles. The van der Waals surface area contributed by atoms with E-state index in [-0.39, 0.29) is 6.03 Å². The van der Waals surface area contributed by atoms with Crippen molar-refractivity contribution in [3.8, 4) is 11.5 Å². The normalized spacial score (nSPS) is 15.0. The van der Waals surface area contributed by atoms with Crippen molar-refractivity contribution in [3.05, 3.63) is 18.2 Å². The number of amides is 2. The third-order valence-electron chi connectivity index (χ3n) is 2.93. The van der Waals surface area contributed by atoms with Crippen LogP contribution in [0.3, 0.4) is 0 Å². The maximum absolute atomic E-state index is 12.1. The van der Waals surface area contributed by atoms with Crippen LogP contribution < -0.4 is 14.4 Å². The molecule has 6 heteroatoms. The number of benzene rings is 1. The van der Waals surface area contributed by atoms with Crippen LogP contribution in [0.5, 0.6) is 11.5 Å². The summed E-state index contributed by atoms with van der Waals surface area (Å²) in [6.45, 7) is 3.48. The van der Waals surface area contributed by atoms with Gasteiger partial charge in [0.1, 0.15) is 0 Å². The Morgan fingerprint density at radius 3 is 2.53 bits per heavy atom. The summed E-state index contributed by atoms with van der Waals surface area (Å²) < 4.78 is 10.4. The fraction of sp³-hybridized carbons (Fsp3) is 0.462. The van der Waals surface area contributed by atoms with E-state index in [0.717, 1.165) is 5.69 Å². The van der Waals surface area contributed by atoms with Gasteiger partial charge in [0.2, 0.25) is 0 Å². The predicted octanol–water partition coefficient (Wildman–Crippen LogP) is 1.90. The summed E-state index contributed by atoms with van der Waals surface area (Å²) in [6.07, 6.45) is 0. The molecule has 6 nitrogen and oxygen atoms in total. The van der Waals surface area contributed by atoms with Gasteiger partial charge < -0.3 is 9.47 Å². The summed E-state index contributed by atoms with van der Waals surface area (Å²) in [6, 6.07) is 5.24. The van der Waals surface area contributed by atoms with Gasteiger partial charge in [-0.2, -0.15) is 0 Å². The maximum Gasteiger partial charge on any atom is 0.348 e. The van der Waals surface area contributed by atoms with Crippen LogP contribution in [-0.2, 0) is 4.84 Å². The first-order valence-corrected chi connectivity index (χ1v) is 6.15. The number of nitrogens with zero attached hydrogens (tertiary/aromatic N) is 2. The molecule has 1 aliphatic rings. The average Bonchev–Trinajstić information content (AvgIpc) is 2.80. The average molecular weight is 266 g/mol. The molecule has 1 aromatic carbocycles. The second-order valence-corrected chi connectivity index (χ2v) is 3.99. The number of hydroxylamine groups is 2. The van der Waals surface area contributed by atoms with Crippen molar-refractivity contribution in [2.45, 2.75) is 6.92 Å². The number of hydrogen-bond acceptors (Lipinski definition) is 4. The Hall–Kier alpha value is -1.95. The van der Waals surface area contributed by atoms with Crippen LogP contribution in [0.2, 0.25) is 0 Å². The molecule has 0 aliphatic carbocycles. The number of anilines is 1. The third kappa shape index (κ3) is 2.58. The number of hydrogen-bond donors (Lipinski definition) is 0. The highest BCUT2D eigenvalue weighted by atomic mass is 16.7. The van der Waals surface area contributed by atoms with Crippen LogP contribution in [0, 0.1) is 0 Å². The van der Waals surface area contributed by atoms with Crippen molar-refractivity contribution in [2.75, 3.05) is 38.8 Å². The van der Waals surface area contributed by atoms with Crippen LogP contribution >= 0.6 is 0 Å². The smallest absolute Gasteiger partial charge is 0.348 e. The van der Waals surface area contributed by atoms with Crippen molar-refractivity contribution < 1.29 is 19.1 Å². The summed E-state index contributed by atoms with van der Waals surface area (Å²) in [7, 11) is 3.15. The third-order valence-corrected chi connectivity index (χ3v) is 2.93. The van der Waals surface area contributed by atoms with Gasteiger partial charge in [0.05, 0.1) is 27.4 Å². The summed E-state index contributed by atoms with van der Waals surface area (Å²) in [5, 5.41) is 1.37. The van der Waals surface area contributed by atoms with E-state index in [4.69, 9.17) is 14.3 Å². The first-order valence-electron chi connectivity index (χ1n) is 6.15. The van der Waals surface area contributed by atoms with Crippen molar-refractivity contribution in [1.82, 2.24) is 5.06 Å². The van der Waals surface area contributed by atoms with Crippen LogP contribution in [-0.4, -0.2) is 45.0 Å². The Balaban J connectivity index is 2.21. The zero-order valence-corrected chi connectivity index (χ0v) is 11.4. The maximum atomic E-state index is 12.1. The first kappa shape index (κ1) is 13.5. The molecule has 19 heavy (non-hydrogen) atoms. The van der Waals surface area contributed by atoms with Gasteiger partial charge in [0, 0.05) is 18.3 Å². The molecule has 0 atom stereocenters. The molecule has 2 amide bonds. The first-order chi connectivity index (χ1) is 9.21. The van der Waals surface area contributed by atoms with Gasteiger partial charge in [0.25, 0.3) is 0 Å². The van der Waals surface area contributed by atoms with E-state index in [1.807, 2.05) is 13.0 Å². The molecular weight excluding hydrogens is 248 g/mol. The van der Waals surface area contributed by atoms with Crippen LogP contribution in [0.15, 0.2) is 18.2 Å². The molecule has 0 N–H and O–H groups in total. The number of urea groups is 1. The van der Waals surface area contributed by atoms with Crippen LogP contribution in [0.4, 0.5) is 10.5 Å². The lowest BCUT2D eigenvalue weighted by Crippen LogP contribution is -2.31. The number of carbonyl (C=O) groups is 1. The monoisotopic (exact) mass is 266 g/mol. The van der Waals surface area contributed by atoms with E-state index >= 15 is 0 Å². The van der Waals surface area contributed by atoms with Gasteiger partial charge >= 0.3 is 6.03 Å². The van der Waals surface area contributed by atoms with E-state index in [9.17, 15) is 4.79 Å². The molecule has 1 heterocycles. The number of carbonyl (C=O) groups excluding carboxylic acids is 1. The molecule has 0 aromatic heterocycles. The van der Waals surface area contributed by atoms with Gasteiger partial charge in [-0.05, 0) is 19.1 Å². The molecule has 1 saturated heterocycles. The fourth-order valence-electron chi connectivity index (χ4n) is 2.02. The minimum atomic E-state index is -0.158. The van der Waals surface area contributed by atoms with E-state index in [0.29, 0.717) is 31.2 Å². The number of rotatable bonds is 5. The molecule has 0 unspecified atom stereocenters. The molecule has 1 fully saturated rings. The lowest BCUT2D eigenvalue weighted by Gasteiger charge is -2.18. The Morgan fingerprint density at radius 2 is 1.89 bits per heavy atom. The second-order valence-electron chi connectivity index (χ2n) is 3.99. The zero-order chi connectivity index (χ0) is 13.8. The standard InChI is InChI=1S/C13H18N2O4/c1-4-19-15-8-7-14(13(15)16)10-5-6-11(17-2)12(9-10)18-3/h5-6,9H,4,7-8H2,1-3H3. The lowest BCUT2D eigenvalue weighted by atomic mass is 10.2. The highest BCUT2D eigenvalue weighted by Gasteiger charge is 2.30. The predicted molar refractivity (Wildman–Crippen MR) is 70.6 cm³/mol. The molecular formula is C13H18N2O4. The number of methoxy groups -OCH3 is 2. The van der Waals surface area contributed by atoms with Crippen LogP contribution in [0.25, 0.3) is 0 Å². The van der Waals surface area contributed by atoms with Crippen molar-refractivity contribution >= 4 is 11.7 Å². The van der Waals surface area contributed by atoms with Gasteiger partial charge in [-0.1, -0.05) is 0 Å². The van der Waals surface area contributed by atoms with E-state index in [2.05, 4.69) is 0 Å². The lowest BCUT2D eigenvalue weighted by molar-refractivity contribution is -0.0972. The Kier molecular flexibility index (Phi) is 4.11. The highest BCUT2D eigenvalue weighted by molar-refractivity contribution is 5.93. The molecule has 1 aromatic rings. The summed E-state index contributed by atoms with van der Waals surface area (Å²) >= 11 is 0. The van der Waals surface area contributed by atoms with Crippen molar-refractivity contribution in [2.24, 2.45) is 0 Å². The Morgan fingerprint density at radius 1 is 1.16 bits per heavy atom. The molecule has 2 rings (SSSR count). The summed E-state index contributed by atoms with van der Waals surface area (Å²) in [4.78, 5) is 19.0. The van der Waals surface area contributed by atoms with Gasteiger partial charge in [-0.15, -0.1) is 0 Å². The molecule has 0 spiro atoms. The van der Waals surface area contributed by atoms with Gasteiger partial charge in [-0.25, -0.2) is 9.86 Å². The summed E-state index contributed by atoms with van der Waals surface area (Å²) in [5.74, 6) is 1.24. The molecule has 0 bridgehead atoms. The number of ether oxygens (including phenoxy) is 2. The summed E-state index contributed by atoms with van der Waals surface area (Å²) in [5.41, 5.74) is 0.768. The van der Waals surface area contributed by atoms with E-state index < -0.39 is 0 Å². The van der Waals surface area contributed by atoms with Crippen molar-refractivity contribution in [1.29, 1.82) is 0 Å². The second kappa shape index (κ2) is 5.79.